The van der Waals surface area contributed by atoms with Gasteiger partial charge in [-0.05, 0) is 65.6 Å². The fraction of sp³-hybridized carbons (Fsp3) is 0.172. The van der Waals surface area contributed by atoms with Crippen LogP contribution in [0.1, 0.15) is 30.0 Å². The molecule has 0 atom stereocenters. The van der Waals surface area contributed by atoms with Crippen molar-refractivity contribution in [2.75, 3.05) is 0 Å². The van der Waals surface area contributed by atoms with Crippen LogP contribution in [0.4, 0.5) is 48.3 Å². The van der Waals surface area contributed by atoms with Crippen LogP contribution in [0.25, 0.3) is 22.3 Å². The first kappa shape index (κ1) is 29.9. The van der Waals surface area contributed by atoms with Crippen molar-refractivity contribution in [2.24, 2.45) is 0 Å². The monoisotopic (exact) mass is 590 g/mol. The summed E-state index contributed by atoms with van der Waals surface area (Å²) in [6, 6.07) is 6.89. The molecule has 4 aromatic rings. The Bertz CT molecular complexity index is 1560. The summed E-state index contributed by atoms with van der Waals surface area (Å²) in [4.78, 5) is 0. The molecule has 0 aliphatic carbocycles. The molecule has 0 N–H and O–H groups in total. The van der Waals surface area contributed by atoms with Crippen LogP contribution in [0.5, 0.6) is 5.75 Å². The number of benzene rings is 4. The first-order valence-electron chi connectivity index (χ1n) is 11.8. The molecule has 216 valence electrons. The second-order valence-corrected chi connectivity index (χ2v) is 8.95. The molecular formula is C29H17F11O. The Labute approximate surface area is 225 Å². The summed E-state index contributed by atoms with van der Waals surface area (Å²) in [5, 5.41) is 0. The van der Waals surface area contributed by atoms with E-state index >= 15 is 0 Å². The first-order chi connectivity index (χ1) is 19.1. The predicted molar refractivity (Wildman–Crippen MR) is 127 cm³/mol. The van der Waals surface area contributed by atoms with Gasteiger partial charge in [0.25, 0.3) is 0 Å². The zero-order chi connectivity index (χ0) is 30.3. The fourth-order valence-corrected chi connectivity index (χ4v) is 4.24. The van der Waals surface area contributed by atoms with E-state index in [0.717, 1.165) is 6.07 Å². The van der Waals surface area contributed by atoms with E-state index in [2.05, 4.69) is 4.74 Å². The maximum atomic E-state index is 14.8. The van der Waals surface area contributed by atoms with Crippen molar-refractivity contribution in [1.29, 1.82) is 0 Å². The Balaban J connectivity index is 1.63. The van der Waals surface area contributed by atoms with Crippen LogP contribution in [0.15, 0.2) is 60.7 Å². The summed E-state index contributed by atoms with van der Waals surface area (Å²) in [6.07, 6.45) is -8.84. The molecule has 4 rings (SSSR count). The van der Waals surface area contributed by atoms with Crippen LogP contribution in [0.2, 0.25) is 0 Å². The lowest BCUT2D eigenvalue weighted by atomic mass is 9.99. The summed E-state index contributed by atoms with van der Waals surface area (Å²) in [7, 11) is 0. The van der Waals surface area contributed by atoms with Gasteiger partial charge in [-0.3, -0.25) is 0 Å². The van der Waals surface area contributed by atoms with E-state index in [1.165, 1.54) is 12.1 Å². The Hall–Kier alpha value is -4.09. The molecule has 0 aromatic heterocycles. The average Bonchev–Trinajstić information content (AvgIpc) is 2.82. The van der Waals surface area contributed by atoms with Gasteiger partial charge in [-0.1, -0.05) is 25.5 Å². The van der Waals surface area contributed by atoms with E-state index in [9.17, 15) is 48.3 Å². The zero-order valence-electron chi connectivity index (χ0n) is 20.8. The minimum atomic E-state index is -5.37. The molecule has 12 heteroatoms. The van der Waals surface area contributed by atoms with Crippen LogP contribution in [-0.2, 0) is 18.7 Å². The molecule has 0 aliphatic rings. The number of halogens is 11. The van der Waals surface area contributed by atoms with E-state index in [1.807, 2.05) is 6.92 Å². The van der Waals surface area contributed by atoms with E-state index < -0.39 is 75.2 Å². The summed E-state index contributed by atoms with van der Waals surface area (Å²) < 4.78 is 159. The van der Waals surface area contributed by atoms with Gasteiger partial charge in [-0.15, -0.1) is 0 Å². The Morgan fingerprint density at radius 1 is 0.561 bits per heavy atom. The summed E-state index contributed by atoms with van der Waals surface area (Å²) in [6.45, 7) is 1.86. The van der Waals surface area contributed by atoms with Crippen molar-refractivity contribution in [3.05, 3.63) is 112 Å². The van der Waals surface area contributed by atoms with E-state index in [0.29, 0.717) is 42.7 Å². The second-order valence-electron chi connectivity index (χ2n) is 8.95. The molecular weight excluding hydrogens is 573 g/mol. The van der Waals surface area contributed by atoms with Gasteiger partial charge in [0.05, 0.1) is 0 Å². The van der Waals surface area contributed by atoms with Crippen molar-refractivity contribution < 1.29 is 53.0 Å². The SMILES string of the molecule is CCCc1ccc(-c2cc(F)c(C(F)(F)Oc3ccc(-c4cc(F)c(C(F)(F)F)c(F)c4)c(F)c3)c(F)c2)c(F)c1. The highest BCUT2D eigenvalue weighted by molar-refractivity contribution is 5.67. The molecule has 0 saturated heterocycles. The normalized spacial score (nSPS) is 12.1. The molecule has 0 amide bonds. The van der Waals surface area contributed by atoms with Crippen LogP contribution in [0.3, 0.4) is 0 Å². The quantitative estimate of drug-likeness (QED) is 0.195. The number of alkyl halides is 5. The minimum absolute atomic E-state index is 0.200. The maximum Gasteiger partial charge on any atom is 0.432 e. The van der Waals surface area contributed by atoms with Gasteiger partial charge in [-0.25, -0.2) is 26.3 Å². The standard InChI is InChI=1S/C29H17F11O/c1-2-3-14-4-6-18(20(30)8-14)16-11-24(34)27(25(35)12-16)29(39,40)41-17-5-7-19(21(31)13-17)15-9-22(32)26(23(33)10-15)28(36,37)38/h4-13H,2-3H2,1H3. The van der Waals surface area contributed by atoms with Gasteiger partial charge in [0.2, 0.25) is 0 Å². The highest BCUT2D eigenvalue weighted by atomic mass is 19.4. The lowest BCUT2D eigenvalue weighted by Crippen LogP contribution is -2.25. The lowest BCUT2D eigenvalue weighted by Gasteiger charge is -2.20. The molecule has 0 saturated carbocycles. The van der Waals surface area contributed by atoms with E-state index in [-0.39, 0.29) is 29.3 Å². The highest BCUT2D eigenvalue weighted by Gasteiger charge is 2.42. The number of hydrogen-bond acceptors (Lipinski definition) is 1. The van der Waals surface area contributed by atoms with Crippen molar-refractivity contribution in [3.63, 3.8) is 0 Å². The predicted octanol–water partition coefficient (Wildman–Crippen LogP) is 9.95. The molecule has 0 bridgehead atoms. The van der Waals surface area contributed by atoms with Gasteiger partial charge in [-0.2, -0.15) is 22.0 Å². The number of rotatable bonds is 7. The van der Waals surface area contributed by atoms with Crippen LogP contribution >= 0.6 is 0 Å². The third-order valence-corrected chi connectivity index (χ3v) is 6.04. The van der Waals surface area contributed by atoms with Crippen LogP contribution < -0.4 is 4.74 Å². The number of ether oxygens (including phenoxy) is 1. The minimum Gasteiger partial charge on any atom is -0.429 e. The van der Waals surface area contributed by atoms with Gasteiger partial charge >= 0.3 is 12.3 Å². The Morgan fingerprint density at radius 3 is 1.46 bits per heavy atom. The molecule has 0 aliphatic heterocycles. The third kappa shape index (κ3) is 6.15. The molecule has 4 aromatic carbocycles. The molecule has 41 heavy (non-hydrogen) atoms. The topological polar surface area (TPSA) is 9.23 Å². The van der Waals surface area contributed by atoms with Gasteiger partial charge < -0.3 is 4.74 Å². The van der Waals surface area contributed by atoms with Crippen molar-refractivity contribution in [1.82, 2.24) is 0 Å². The number of aryl methyl sites for hydroxylation is 1. The van der Waals surface area contributed by atoms with E-state index in [1.54, 1.807) is 0 Å². The largest absolute Gasteiger partial charge is 0.432 e. The van der Waals surface area contributed by atoms with Crippen molar-refractivity contribution in [3.8, 4) is 28.0 Å². The van der Waals surface area contributed by atoms with E-state index in [4.69, 9.17) is 0 Å². The molecule has 0 spiro atoms. The maximum absolute atomic E-state index is 14.8. The molecule has 0 radical (unpaired) electrons. The average molecular weight is 590 g/mol. The summed E-state index contributed by atoms with van der Waals surface area (Å²) in [5.74, 6) is -10.9. The highest BCUT2D eigenvalue weighted by Crippen LogP contribution is 2.40. The molecule has 0 unspecified atom stereocenters. The Kier molecular flexibility index (Phi) is 8.06. The van der Waals surface area contributed by atoms with Crippen molar-refractivity contribution in [2.45, 2.75) is 32.1 Å². The van der Waals surface area contributed by atoms with Gasteiger partial charge in [0, 0.05) is 17.2 Å². The smallest absolute Gasteiger partial charge is 0.429 e. The van der Waals surface area contributed by atoms with Gasteiger partial charge in [0.1, 0.15) is 51.8 Å². The lowest BCUT2D eigenvalue weighted by molar-refractivity contribution is -0.189. The zero-order valence-corrected chi connectivity index (χ0v) is 20.8. The summed E-state index contributed by atoms with van der Waals surface area (Å²) in [5.41, 5.74) is -5.42. The molecule has 1 nitrogen and oxygen atoms in total. The second kappa shape index (κ2) is 11.1. The fourth-order valence-electron chi connectivity index (χ4n) is 4.24. The van der Waals surface area contributed by atoms with Crippen molar-refractivity contribution >= 4 is 0 Å². The van der Waals surface area contributed by atoms with Crippen LogP contribution in [0, 0.1) is 34.9 Å². The Morgan fingerprint density at radius 2 is 1.02 bits per heavy atom. The van der Waals surface area contributed by atoms with Gasteiger partial charge in [0.15, 0.2) is 0 Å². The third-order valence-electron chi connectivity index (χ3n) is 6.04. The molecule has 0 heterocycles. The summed E-state index contributed by atoms with van der Waals surface area (Å²) >= 11 is 0. The first-order valence-corrected chi connectivity index (χ1v) is 11.8. The molecule has 0 fully saturated rings. The van der Waals surface area contributed by atoms with Crippen LogP contribution in [-0.4, -0.2) is 0 Å². The number of hydrogen-bond donors (Lipinski definition) is 0.